The average molecular weight is 217 g/mol. The van der Waals surface area contributed by atoms with Gasteiger partial charge in [0.05, 0.1) is 15.1 Å². The second kappa shape index (κ2) is 3.13. The van der Waals surface area contributed by atoms with Crippen molar-refractivity contribution in [1.82, 2.24) is 0 Å². The van der Waals surface area contributed by atoms with Crippen molar-refractivity contribution >= 4 is 34.8 Å². The maximum absolute atomic E-state index is 12.5. The highest BCUT2D eigenvalue weighted by molar-refractivity contribution is 6.48. The largest absolute Gasteiger partial charge is 0.205 e. The van der Waals surface area contributed by atoms with Gasteiger partial charge in [-0.15, -0.1) is 0 Å². The van der Waals surface area contributed by atoms with E-state index >= 15 is 0 Å². The standard InChI is InChI=1S/C6HCl3F2/c7-4-2(10)1-3(11)5(8)6(4)9/h1H. The number of rotatable bonds is 0. The molecular weight excluding hydrogens is 216 g/mol. The molecule has 0 aromatic heterocycles. The summed E-state index contributed by atoms with van der Waals surface area (Å²) in [6.07, 6.45) is 0. The van der Waals surface area contributed by atoms with E-state index in [1.54, 1.807) is 0 Å². The van der Waals surface area contributed by atoms with Crippen LogP contribution in [0, 0.1) is 11.6 Å². The minimum absolute atomic E-state index is 0.300. The Morgan fingerprint density at radius 3 is 1.55 bits per heavy atom. The smallest absolute Gasteiger partial charge is 0.146 e. The molecule has 5 heteroatoms. The Bertz CT molecular complexity index is 272. The van der Waals surface area contributed by atoms with E-state index in [4.69, 9.17) is 34.8 Å². The first kappa shape index (κ1) is 9.04. The molecule has 0 spiro atoms. The summed E-state index contributed by atoms with van der Waals surface area (Å²) < 4.78 is 25.0. The Hall–Kier alpha value is -0.0500. The van der Waals surface area contributed by atoms with Crippen molar-refractivity contribution < 1.29 is 8.78 Å². The second-order valence-electron chi connectivity index (χ2n) is 1.78. The van der Waals surface area contributed by atoms with Crippen LogP contribution in [0.25, 0.3) is 0 Å². The number of benzene rings is 1. The number of halogens is 5. The van der Waals surface area contributed by atoms with E-state index in [-0.39, 0.29) is 15.1 Å². The zero-order valence-corrected chi connectivity index (χ0v) is 7.23. The third-order valence-corrected chi connectivity index (χ3v) is 2.37. The van der Waals surface area contributed by atoms with Crippen LogP contribution in [0.2, 0.25) is 15.1 Å². The summed E-state index contributed by atoms with van der Waals surface area (Å²) in [5.41, 5.74) is 0. The summed E-state index contributed by atoms with van der Waals surface area (Å²) in [5.74, 6) is -1.84. The van der Waals surface area contributed by atoms with Gasteiger partial charge in [0, 0.05) is 6.07 Å². The van der Waals surface area contributed by atoms with Crippen molar-refractivity contribution in [2.45, 2.75) is 0 Å². The molecule has 0 atom stereocenters. The fourth-order valence-electron chi connectivity index (χ4n) is 0.544. The Labute approximate surface area is 76.7 Å². The third kappa shape index (κ3) is 1.58. The predicted molar refractivity (Wildman–Crippen MR) is 41.4 cm³/mol. The molecular formula is C6HCl3F2. The van der Waals surface area contributed by atoms with Gasteiger partial charge in [0.2, 0.25) is 0 Å². The molecule has 0 saturated heterocycles. The highest BCUT2D eigenvalue weighted by Gasteiger charge is 2.13. The maximum Gasteiger partial charge on any atom is 0.146 e. The van der Waals surface area contributed by atoms with Gasteiger partial charge in [-0.3, -0.25) is 0 Å². The molecule has 0 bridgehead atoms. The molecule has 0 aliphatic rings. The molecule has 1 rings (SSSR count). The highest BCUT2D eigenvalue weighted by atomic mass is 35.5. The third-order valence-electron chi connectivity index (χ3n) is 1.06. The summed E-state index contributed by atoms with van der Waals surface area (Å²) in [4.78, 5) is 0. The summed E-state index contributed by atoms with van der Waals surface area (Å²) >= 11 is 15.9. The lowest BCUT2D eigenvalue weighted by atomic mass is 10.3. The van der Waals surface area contributed by atoms with Gasteiger partial charge >= 0.3 is 0 Å². The Morgan fingerprint density at radius 2 is 1.18 bits per heavy atom. The van der Waals surface area contributed by atoms with Crippen LogP contribution in [0.15, 0.2) is 6.07 Å². The Kier molecular flexibility index (Phi) is 2.58. The first-order valence-electron chi connectivity index (χ1n) is 2.52. The molecule has 0 N–H and O–H groups in total. The first-order valence-corrected chi connectivity index (χ1v) is 3.66. The van der Waals surface area contributed by atoms with Crippen LogP contribution in [-0.2, 0) is 0 Å². The van der Waals surface area contributed by atoms with Crippen molar-refractivity contribution in [3.63, 3.8) is 0 Å². The van der Waals surface area contributed by atoms with Crippen LogP contribution in [0.3, 0.4) is 0 Å². The SMILES string of the molecule is Fc1cc(F)c(Cl)c(Cl)c1Cl. The molecule has 1 aromatic rings. The van der Waals surface area contributed by atoms with Crippen molar-refractivity contribution in [1.29, 1.82) is 0 Å². The minimum atomic E-state index is -0.918. The molecule has 1 aromatic carbocycles. The molecule has 0 aliphatic carbocycles. The molecule has 60 valence electrons. The molecule has 0 fully saturated rings. The molecule has 0 heterocycles. The topological polar surface area (TPSA) is 0 Å². The van der Waals surface area contributed by atoms with Crippen LogP contribution >= 0.6 is 34.8 Å². The lowest BCUT2D eigenvalue weighted by Gasteiger charge is -2.00. The summed E-state index contributed by atoms with van der Waals surface area (Å²) in [7, 11) is 0. The predicted octanol–water partition coefficient (Wildman–Crippen LogP) is 3.92. The van der Waals surface area contributed by atoms with Gasteiger partial charge in [0.1, 0.15) is 11.6 Å². The van der Waals surface area contributed by atoms with Gasteiger partial charge in [-0.25, -0.2) is 8.78 Å². The molecule has 11 heavy (non-hydrogen) atoms. The zero-order chi connectivity index (χ0) is 8.59. The van der Waals surface area contributed by atoms with Crippen LogP contribution in [-0.4, -0.2) is 0 Å². The molecule has 0 unspecified atom stereocenters. The van der Waals surface area contributed by atoms with E-state index in [1.165, 1.54) is 0 Å². The minimum Gasteiger partial charge on any atom is -0.205 e. The maximum atomic E-state index is 12.5. The quantitative estimate of drug-likeness (QED) is 0.456. The molecule has 0 nitrogen and oxygen atoms in total. The summed E-state index contributed by atoms with van der Waals surface area (Å²) in [6, 6.07) is 0.580. The Morgan fingerprint density at radius 1 is 0.818 bits per heavy atom. The van der Waals surface area contributed by atoms with Gasteiger partial charge in [0.15, 0.2) is 0 Å². The fraction of sp³-hybridized carbons (Fsp3) is 0. The van der Waals surface area contributed by atoms with E-state index in [1.807, 2.05) is 0 Å². The fourth-order valence-corrected chi connectivity index (χ4v) is 1.07. The van der Waals surface area contributed by atoms with Crippen molar-refractivity contribution in [2.24, 2.45) is 0 Å². The van der Waals surface area contributed by atoms with Gasteiger partial charge in [-0.05, 0) is 0 Å². The van der Waals surface area contributed by atoms with E-state index in [0.29, 0.717) is 6.07 Å². The van der Waals surface area contributed by atoms with E-state index < -0.39 is 11.6 Å². The van der Waals surface area contributed by atoms with Gasteiger partial charge in [0.25, 0.3) is 0 Å². The van der Waals surface area contributed by atoms with Gasteiger partial charge in [-0.1, -0.05) is 34.8 Å². The van der Waals surface area contributed by atoms with Crippen LogP contribution in [0.1, 0.15) is 0 Å². The lowest BCUT2D eigenvalue weighted by molar-refractivity contribution is 0.584. The average Bonchev–Trinajstić information content (AvgIpc) is 1.97. The van der Waals surface area contributed by atoms with E-state index in [0.717, 1.165) is 0 Å². The summed E-state index contributed by atoms with van der Waals surface area (Å²) in [5, 5.41) is -1.03. The first-order chi connectivity index (χ1) is 5.04. The Balaban J connectivity index is 3.46. The molecule has 0 saturated carbocycles. The van der Waals surface area contributed by atoms with Gasteiger partial charge in [-0.2, -0.15) is 0 Å². The van der Waals surface area contributed by atoms with E-state index in [2.05, 4.69) is 0 Å². The highest BCUT2D eigenvalue weighted by Crippen LogP contribution is 2.33. The number of hydrogen-bond donors (Lipinski definition) is 0. The number of hydrogen-bond acceptors (Lipinski definition) is 0. The van der Waals surface area contributed by atoms with Crippen LogP contribution in [0.5, 0.6) is 0 Å². The molecule has 0 aliphatic heterocycles. The van der Waals surface area contributed by atoms with Crippen molar-refractivity contribution in [3.05, 3.63) is 32.8 Å². The monoisotopic (exact) mass is 216 g/mol. The second-order valence-corrected chi connectivity index (χ2v) is 2.92. The molecule has 0 radical (unpaired) electrons. The van der Waals surface area contributed by atoms with Crippen LogP contribution in [0.4, 0.5) is 8.78 Å². The van der Waals surface area contributed by atoms with Gasteiger partial charge < -0.3 is 0 Å². The van der Waals surface area contributed by atoms with Crippen molar-refractivity contribution in [3.8, 4) is 0 Å². The van der Waals surface area contributed by atoms with E-state index in [9.17, 15) is 8.78 Å². The lowest BCUT2D eigenvalue weighted by Crippen LogP contribution is -1.84. The van der Waals surface area contributed by atoms with Crippen LogP contribution < -0.4 is 0 Å². The normalized spacial score (nSPS) is 10.3. The summed E-state index contributed by atoms with van der Waals surface area (Å²) in [6.45, 7) is 0. The zero-order valence-electron chi connectivity index (χ0n) is 4.97. The molecule has 0 amide bonds. The van der Waals surface area contributed by atoms with Crippen molar-refractivity contribution in [2.75, 3.05) is 0 Å².